The Labute approximate surface area is 206 Å². The second-order valence-corrected chi connectivity index (χ2v) is 15.0. The minimum atomic E-state index is -1.94. The summed E-state index contributed by atoms with van der Waals surface area (Å²) in [4.78, 5) is 12.0. The monoisotopic (exact) mass is 498 g/mol. The van der Waals surface area contributed by atoms with E-state index in [2.05, 4.69) is 44.1 Å². The zero-order chi connectivity index (χ0) is 25.1. The summed E-state index contributed by atoms with van der Waals surface area (Å²) in [7, 11) is -1.94. The third kappa shape index (κ3) is 6.03. The second-order valence-electron chi connectivity index (χ2n) is 9.82. The van der Waals surface area contributed by atoms with E-state index in [0.29, 0.717) is 45.5 Å². The molecule has 0 aliphatic heterocycles. The Balaban J connectivity index is 1.82. The van der Waals surface area contributed by atoms with E-state index in [1.807, 2.05) is 30.3 Å². The van der Waals surface area contributed by atoms with E-state index in [1.54, 1.807) is 25.1 Å². The van der Waals surface area contributed by atoms with Crippen LogP contribution in [0.25, 0.3) is 17.0 Å². The van der Waals surface area contributed by atoms with Crippen LogP contribution in [0.3, 0.4) is 0 Å². The molecule has 0 unspecified atom stereocenters. The molecule has 3 rings (SSSR count). The standard InChI is InChI=1S/C26H31ClN2O4Si/c1-17(21(25(30)31)14-18-10-8-7-9-11-18)20-13-12-19(15-22(20)27)24-29-28-23(33-24)16-32-34(5,6)26(2,3)4/h7-13,15H,14,16H2,1-6H3,(H,30,31). The summed E-state index contributed by atoms with van der Waals surface area (Å²) in [5.41, 5.74) is 3.14. The van der Waals surface area contributed by atoms with Crippen LogP contribution in [0.2, 0.25) is 23.2 Å². The maximum Gasteiger partial charge on any atom is 0.332 e. The van der Waals surface area contributed by atoms with Gasteiger partial charge in [-0.15, -0.1) is 10.2 Å². The van der Waals surface area contributed by atoms with Crippen LogP contribution in [0.1, 0.15) is 44.7 Å². The number of carboxylic acid groups (broad SMARTS) is 1. The number of nitrogens with zero attached hydrogens (tertiary/aromatic N) is 2. The first-order chi connectivity index (χ1) is 15.9. The molecule has 0 saturated heterocycles. The number of hydrogen-bond donors (Lipinski definition) is 1. The quantitative estimate of drug-likeness (QED) is 0.265. The summed E-state index contributed by atoms with van der Waals surface area (Å²) in [5.74, 6) is -0.219. The van der Waals surface area contributed by atoms with E-state index in [0.717, 1.165) is 5.56 Å². The molecule has 0 atom stereocenters. The first-order valence-electron chi connectivity index (χ1n) is 11.1. The van der Waals surface area contributed by atoms with Crippen molar-refractivity contribution in [2.24, 2.45) is 0 Å². The van der Waals surface area contributed by atoms with Crippen molar-refractivity contribution in [3.05, 3.63) is 76.1 Å². The van der Waals surface area contributed by atoms with Gasteiger partial charge in [-0.25, -0.2) is 4.79 Å². The highest BCUT2D eigenvalue weighted by Gasteiger charge is 2.37. The molecule has 6 nitrogen and oxygen atoms in total. The van der Waals surface area contributed by atoms with Crippen molar-refractivity contribution >= 4 is 31.5 Å². The maximum absolute atomic E-state index is 12.0. The second kappa shape index (κ2) is 10.3. The van der Waals surface area contributed by atoms with Crippen molar-refractivity contribution < 1.29 is 18.7 Å². The lowest BCUT2D eigenvalue weighted by atomic mass is 9.95. The van der Waals surface area contributed by atoms with Gasteiger partial charge in [-0.05, 0) is 53.9 Å². The van der Waals surface area contributed by atoms with Gasteiger partial charge in [0.15, 0.2) is 8.32 Å². The van der Waals surface area contributed by atoms with E-state index in [1.165, 1.54) is 0 Å². The molecule has 0 radical (unpaired) electrons. The zero-order valence-corrected chi connectivity index (χ0v) is 22.2. The van der Waals surface area contributed by atoms with E-state index >= 15 is 0 Å². The van der Waals surface area contributed by atoms with Gasteiger partial charge in [0, 0.05) is 22.6 Å². The summed E-state index contributed by atoms with van der Waals surface area (Å²) >= 11 is 6.57. The third-order valence-electron chi connectivity index (χ3n) is 6.38. The molecule has 1 heterocycles. The molecule has 180 valence electrons. The fourth-order valence-electron chi connectivity index (χ4n) is 3.17. The molecule has 0 bridgehead atoms. The highest BCUT2D eigenvalue weighted by Crippen LogP contribution is 2.37. The van der Waals surface area contributed by atoms with Crippen molar-refractivity contribution in [3.63, 3.8) is 0 Å². The van der Waals surface area contributed by atoms with Crippen LogP contribution in [0.5, 0.6) is 0 Å². The lowest BCUT2D eigenvalue weighted by Crippen LogP contribution is -2.40. The third-order valence-corrected chi connectivity index (χ3v) is 11.2. The minimum Gasteiger partial charge on any atom is -0.478 e. The number of rotatable bonds is 8. The number of benzene rings is 2. The van der Waals surface area contributed by atoms with Gasteiger partial charge in [-0.3, -0.25) is 0 Å². The van der Waals surface area contributed by atoms with Crippen molar-refractivity contribution in [2.45, 2.75) is 58.9 Å². The molecular formula is C26H31ClN2O4Si. The number of aliphatic carboxylic acids is 1. The predicted molar refractivity (Wildman–Crippen MR) is 137 cm³/mol. The normalized spacial score (nSPS) is 13.0. The van der Waals surface area contributed by atoms with E-state index in [9.17, 15) is 9.90 Å². The predicted octanol–water partition coefficient (Wildman–Crippen LogP) is 7.01. The first-order valence-corrected chi connectivity index (χ1v) is 14.4. The molecule has 8 heteroatoms. The fourth-order valence-corrected chi connectivity index (χ4v) is 4.41. The van der Waals surface area contributed by atoms with Crippen molar-refractivity contribution in [1.82, 2.24) is 10.2 Å². The van der Waals surface area contributed by atoms with E-state index in [-0.39, 0.29) is 11.6 Å². The Morgan fingerprint density at radius 1 is 1.12 bits per heavy atom. The molecule has 1 aromatic heterocycles. The van der Waals surface area contributed by atoms with Crippen LogP contribution in [0, 0.1) is 0 Å². The van der Waals surface area contributed by atoms with Crippen LogP contribution in [0.15, 0.2) is 58.5 Å². The molecule has 0 aliphatic carbocycles. The molecular weight excluding hydrogens is 468 g/mol. The van der Waals surface area contributed by atoms with Crippen molar-refractivity contribution in [2.75, 3.05) is 0 Å². The summed E-state index contributed by atoms with van der Waals surface area (Å²) in [6.07, 6.45) is 0.307. The minimum absolute atomic E-state index is 0.0832. The van der Waals surface area contributed by atoms with Gasteiger partial charge in [0.05, 0.1) is 0 Å². The van der Waals surface area contributed by atoms with Gasteiger partial charge in [0.2, 0.25) is 11.8 Å². The van der Waals surface area contributed by atoms with Gasteiger partial charge in [-0.1, -0.05) is 68.8 Å². The highest BCUT2D eigenvalue weighted by atomic mass is 35.5. The summed E-state index contributed by atoms with van der Waals surface area (Å²) < 4.78 is 12.0. The lowest BCUT2D eigenvalue weighted by Gasteiger charge is -2.35. The van der Waals surface area contributed by atoms with E-state index in [4.69, 9.17) is 20.4 Å². The maximum atomic E-state index is 12.0. The molecule has 0 fully saturated rings. The molecule has 1 N–H and O–H groups in total. The number of hydrogen-bond acceptors (Lipinski definition) is 5. The summed E-state index contributed by atoms with van der Waals surface area (Å²) in [6, 6.07) is 14.8. The van der Waals surface area contributed by atoms with Gasteiger partial charge < -0.3 is 13.9 Å². The molecule has 0 aliphatic rings. The molecule has 34 heavy (non-hydrogen) atoms. The van der Waals surface area contributed by atoms with Gasteiger partial charge >= 0.3 is 5.97 Å². The van der Waals surface area contributed by atoms with Crippen LogP contribution in [-0.4, -0.2) is 29.6 Å². The summed E-state index contributed by atoms with van der Waals surface area (Å²) in [6.45, 7) is 12.9. The first kappa shape index (κ1) is 25.9. The number of carbonyl (C=O) groups is 1. The molecule has 2 aromatic carbocycles. The Kier molecular flexibility index (Phi) is 7.80. The average Bonchev–Trinajstić information content (AvgIpc) is 3.24. The topological polar surface area (TPSA) is 85.5 Å². The van der Waals surface area contributed by atoms with Crippen LogP contribution < -0.4 is 0 Å². The Morgan fingerprint density at radius 3 is 2.38 bits per heavy atom. The zero-order valence-electron chi connectivity index (χ0n) is 20.5. The Bertz CT molecular complexity index is 1200. The number of aromatic nitrogens is 2. The fraction of sp³-hybridized carbons (Fsp3) is 0.346. The molecule has 0 amide bonds. The van der Waals surface area contributed by atoms with Gasteiger partial charge in [0.25, 0.3) is 0 Å². The summed E-state index contributed by atoms with van der Waals surface area (Å²) in [5, 5.41) is 18.6. The average molecular weight is 499 g/mol. The lowest BCUT2D eigenvalue weighted by molar-refractivity contribution is -0.132. The van der Waals surface area contributed by atoms with Crippen molar-refractivity contribution in [3.8, 4) is 11.5 Å². The van der Waals surface area contributed by atoms with Crippen LogP contribution >= 0.6 is 11.6 Å². The molecule has 3 aromatic rings. The number of halogens is 1. The van der Waals surface area contributed by atoms with Gasteiger partial charge in [0.1, 0.15) is 6.61 Å². The number of allylic oxidation sites excluding steroid dienone is 1. The smallest absolute Gasteiger partial charge is 0.332 e. The van der Waals surface area contributed by atoms with Crippen LogP contribution in [-0.2, 0) is 22.2 Å². The van der Waals surface area contributed by atoms with Gasteiger partial charge in [-0.2, -0.15) is 0 Å². The van der Waals surface area contributed by atoms with E-state index < -0.39 is 14.3 Å². The van der Waals surface area contributed by atoms with Crippen LogP contribution in [0.4, 0.5) is 0 Å². The van der Waals surface area contributed by atoms with Crippen molar-refractivity contribution in [1.29, 1.82) is 0 Å². The molecule has 0 spiro atoms. The number of carboxylic acids is 1. The Hall–Kier alpha value is -2.74. The molecule has 0 saturated carbocycles. The Morgan fingerprint density at radius 2 is 1.79 bits per heavy atom. The largest absolute Gasteiger partial charge is 0.478 e. The highest BCUT2D eigenvalue weighted by molar-refractivity contribution is 6.74. The SMILES string of the molecule is CC(=C(Cc1ccccc1)C(=O)O)c1ccc(-c2nnc(CO[Si](C)(C)C(C)(C)C)o2)cc1Cl.